The standard InChI is InChI=1S/C12H13N3O2/c1-17-11-5-3-2-4-9(11)15-12(16)10-6-8(13)7-14-10/h2-7,14H,13H2,1H3,(H,15,16). The molecule has 0 aliphatic rings. The van der Waals surface area contributed by atoms with Crippen molar-refractivity contribution in [2.75, 3.05) is 18.2 Å². The van der Waals surface area contributed by atoms with Gasteiger partial charge in [-0.15, -0.1) is 0 Å². The van der Waals surface area contributed by atoms with Crippen molar-refractivity contribution in [3.8, 4) is 5.75 Å². The summed E-state index contributed by atoms with van der Waals surface area (Å²) in [7, 11) is 1.55. The molecule has 1 heterocycles. The summed E-state index contributed by atoms with van der Waals surface area (Å²) in [6.07, 6.45) is 1.57. The Morgan fingerprint density at radius 1 is 1.41 bits per heavy atom. The summed E-state index contributed by atoms with van der Waals surface area (Å²) in [5.74, 6) is 0.353. The molecule has 0 saturated heterocycles. The third-order valence-corrected chi connectivity index (χ3v) is 2.31. The third kappa shape index (κ3) is 2.39. The van der Waals surface area contributed by atoms with Crippen LogP contribution in [0.5, 0.6) is 5.75 Å². The first-order valence-corrected chi connectivity index (χ1v) is 5.09. The van der Waals surface area contributed by atoms with Gasteiger partial charge in [0.1, 0.15) is 11.4 Å². The lowest BCUT2D eigenvalue weighted by atomic mass is 10.3. The van der Waals surface area contributed by atoms with Crippen molar-refractivity contribution < 1.29 is 9.53 Å². The molecule has 1 aromatic heterocycles. The lowest BCUT2D eigenvalue weighted by molar-refractivity contribution is 0.102. The molecule has 0 aliphatic heterocycles. The van der Waals surface area contributed by atoms with Crippen LogP contribution in [0.4, 0.5) is 11.4 Å². The second kappa shape index (κ2) is 4.61. The first kappa shape index (κ1) is 11.1. The molecule has 0 bridgehead atoms. The summed E-state index contributed by atoms with van der Waals surface area (Å²) in [5.41, 5.74) is 7.08. The topological polar surface area (TPSA) is 80.1 Å². The molecule has 0 atom stereocenters. The monoisotopic (exact) mass is 231 g/mol. The van der Waals surface area contributed by atoms with Crippen LogP contribution in [-0.2, 0) is 0 Å². The van der Waals surface area contributed by atoms with Gasteiger partial charge in [0.05, 0.1) is 12.8 Å². The normalized spacial score (nSPS) is 9.94. The van der Waals surface area contributed by atoms with Crippen LogP contribution in [0.2, 0.25) is 0 Å². The molecule has 0 aliphatic carbocycles. The fraction of sp³-hybridized carbons (Fsp3) is 0.0833. The number of anilines is 2. The fourth-order valence-corrected chi connectivity index (χ4v) is 1.48. The van der Waals surface area contributed by atoms with E-state index in [0.29, 0.717) is 22.8 Å². The van der Waals surface area contributed by atoms with Crippen LogP contribution in [0, 0.1) is 0 Å². The number of ether oxygens (including phenoxy) is 1. The van der Waals surface area contributed by atoms with E-state index >= 15 is 0 Å². The number of amides is 1. The summed E-state index contributed by atoms with van der Waals surface area (Å²) in [6.45, 7) is 0. The molecule has 2 rings (SSSR count). The average Bonchev–Trinajstić information content (AvgIpc) is 2.77. The number of carbonyl (C=O) groups is 1. The predicted molar refractivity (Wildman–Crippen MR) is 66.2 cm³/mol. The highest BCUT2D eigenvalue weighted by atomic mass is 16.5. The van der Waals surface area contributed by atoms with E-state index in [1.807, 2.05) is 12.1 Å². The molecule has 2 aromatic rings. The number of H-pyrrole nitrogens is 1. The van der Waals surface area contributed by atoms with Crippen LogP contribution in [0.15, 0.2) is 36.5 Å². The Morgan fingerprint density at radius 3 is 2.82 bits per heavy atom. The van der Waals surface area contributed by atoms with Gasteiger partial charge in [0.2, 0.25) is 0 Å². The van der Waals surface area contributed by atoms with E-state index in [4.69, 9.17) is 10.5 Å². The van der Waals surface area contributed by atoms with E-state index in [2.05, 4.69) is 10.3 Å². The highest BCUT2D eigenvalue weighted by molar-refractivity contribution is 6.04. The quantitative estimate of drug-likeness (QED) is 0.754. The first-order chi connectivity index (χ1) is 8.20. The minimum atomic E-state index is -0.258. The smallest absolute Gasteiger partial charge is 0.272 e. The van der Waals surface area contributed by atoms with Gasteiger partial charge in [0, 0.05) is 11.9 Å². The SMILES string of the molecule is COc1ccccc1NC(=O)c1cc(N)c[nH]1. The average molecular weight is 231 g/mol. The second-order valence-corrected chi connectivity index (χ2v) is 3.50. The number of carbonyl (C=O) groups excluding carboxylic acids is 1. The maximum atomic E-state index is 11.8. The molecule has 0 unspecified atom stereocenters. The molecule has 0 spiro atoms. The maximum absolute atomic E-state index is 11.8. The maximum Gasteiger partial charge on any atom is 0.272 e. The Hall–Kier alpha value is -2.43. The number of nitrogen functional groups attached to an aromatic ring is 1. The molecule has 1 aromatic carbocycles. The molecule has 88 valence electrons. The molecule has 4 N–H and O–H groups in total. The van der Waals surface area contributed by atoms with Gasteiger partial charge >= 0.3 is 0 Å². The first-order valence-electron chi connectivity index (χ1n) is 5.09. The number of nitrogens with two attached hydrogens (primary N) is 1. The van der Waals surface area contributed by atoms with Crippen LogP contribution in [0.3, 0.4) is 0 Å². The number of aromatic nitrogens is 1. The molecular weight excluding hydrogens is 218 g/mol. The van der Waals surface area contributed by atoms with Crippen molar-refractivity contribution >= 4 is 17.3 Å². The van der Waals surface area contributed by atoms with E-state index in [1.54, 1.807) is 31.5 Å². The van der Waals surface area contributed by atoms with E-state index in [-0.39, 0.29) is 5.91 Å². The van der Waals surface area contributed by atoms with Gasteiger partial charge in [0.15, 0.2) is 0 Å². The number of hydrogen-bond donors (Lipinski definition) is 3. The molecule has 0 radical (unpaired) electrons. The van der Waals surface area contributed by atoms with Gasteiger partial charge in [-0.3, -0.25) is 4.79 Å². The molecular formula is C12H13N3O2. The molecule has 17 heavy (non-hydrogen) atoms. The summed E-state index contributed by atoms with van der Waals surface area (Å²) < 4.78 is 5.14. The third-order valence-electron chi connectivity index (χ3n) is 2.31. The largest absolute Gasteiger partial charge is 0.495 e. The number of benzene rings is 1. The number of rotatable bonds is 3. The van der Waals surface area contributed by atoms with E-state index in [1.165, 1.54) is 0 Å². The van der Waals surface area contributed by atoms with Gasteiger partial charge in [-0.25, -0.2) is 0 Å². The summed E-state index contributed by atoms with van der Waals surface area (Å²) in [5, 5.41) is 2.74. The Kier molecular flexibility index (Phi) is 3.00. The van der Waals surface area contributed by atoms with Crippen LogP contribution < -0.4 is 15.8 Å². The zero-order chi connectivity index (χ0) is 12.3. The van der Waals surface area contributed by atoms with Crippen molar-refractivity contribution in [1.82, 2.24) is 4.98 Å². The van der Waals surface area contributed by atoms with Gasteiger partial charge in [-0.05, 0) is 18.2 Å². The lowest BCUT2D eigenvalue weighted by Gasteiger charge is -2.08. The Labute approximate surface area is 98.6 Å². The minimum Gasteiger partial charge on any atom is -0.495 e. The Bertz CT molecular complexity index is 534. The molecule has 1 amide bonds. The van der Waals surface area contributed by atoms with E-state index in [9.17, 15) is 4.79 Å². The fourth-order valence-electron chi connectivity index (χ4n) is 1.48. The highest BCUT2D eigenvalue weighted by Crippen LogP contribution is 2.23. The van der Waals surface area contributed by atoms with Gasteiger partial charge in [0.25, 0.3) is 5.91 Å². The highest BCUT2D eigenvalue weighted by Gasteiger charge is 2.10. The summed E-state index contributed by atoms with van der Waals surface area (Å²) >= 11 is 0. The number of methoxy groups -OCH3 is 1. The summed E-state index contributed by atoms with van der Waals surface area (Å²) in [4.78, 5) is 14.6. The van der Waals surface area contributed by atoms with Crippen molar-refractivity contribution in [2.24, 2.45) is 0 Å². The van der Waals surface area contributed by atoms with E-state index < -0.39 is 0 Å². The van der Waals surface area contributed by atoms with Crippen LogP contribution >= 0.6 is 0 Å². The lowest BCUT2D eigenvalue weighted by Crippen LogP contribution is -2.12. The number of nitrogens with one attached hydrogen (secondary N) is 2. The van der Waals surface area contributed by atoms with E-state index in [0.717, 1.165) is 0 Å². The van der Waals surface area contributed by atoms with Crippen LogP contribution in [0.25, 0.3) is 0 Å². The molecule has 0 fully saturated rings. The Balaban J connectivity index is 2.18. The molecule has 5 nitrogen and oxygen atoms in total. The van der Waals surface area contributed by atoms with Gasteiger partial charge in [-0.1, -0.05) is 12.1 Å². The second-order valence-electron chi connectivity index (χ2n) is 3.50. The van der Waals surface area contributed by atoms with Crippen LogP contribution in [0.1, 0.15) is 10.5 Å². The van der Waals surface area contributed by atoms with Crippen LogP contribution in [-0.4, -0.2) is 18.0 Å². The van der Waals surface area contributed by atoms with Crippen molar-refractivity contribution in [3.05, 3.63) is 42.2 Å². The zero-order valence-electron chi connectivity index (χ0n) is 9.36. The molecule has 0 saturated carbocycles. The zero-order valence-corrected chi connectivity index (χ0v) is 9.36. The number of hydrogen-bond acceptors (Lipinski definition) is 3. The minimum absolute atomic E-state index is 0.258. The summed E-state index contributed by atoms with van der Waals surface area (Å²) in [6, 6.07) is 8.77. The van der Waals surface area contributed by atoms with Gasteiger partial charge < -0.3 is 20.8 Å². The number of aromatic amines is 1. The predicted octanol–water partition coefficient (Wildman–Crippen LogP) is 1.86. The Morgan fingerprint density at radius 2 is 2.18 bits per heavy atom. The van der Waals surface area contributed by atoms with Crippen molar-refractivity contribution in [2.45, 2.75) is 0 Å². The van der Waals surface area contributed by atoms with Crippen molar-refractivity contribution in [1.29, 1.82) is 0 Å². The number of para-hydroxylation sites is 2. The van der Waals surface area contributed by atoms with Gasteiger partial charge in [-0.2, -0.15) is 0 Å². The van der Waals surface area contributed by atoms with Crippen molar-refractivity contribution in [3.63, 3.8) is 0 Å². The molecule has 5 heteroatoms.